The van der Waals surface area contributed by atoms with E-state index in [1.807, 2.05) is 42.3 Å². The molecule has 0 aliphatic heterocycles. The summed E-state index contributed by atoms with van der Waals surface area (Å²) in [6.45, 7) is 0.520. The Morgan fingerprint density at radius 3 is 2.22 bits per heavy atom. The molecule has 23 heavy (non-hydrogen) atoms. The van der Waals surface area contributed by atoms with E-state index in [0.717, 1.165) is 23.4 Å². The lowest BCUT2D eigenvalue weighted by molar-refractivity contribution is 0.251. The SMILES string of the molecule is CSCCc1ccc(NC(=O)NCc2ccc(SC)cc2)cc1. The van der Waals surface area contributed by atoms with Gasteiger partial charge in [-0.1, -0.05) is 24.3 Å². The fourth-order valence-corrected chi connectivity index (χ4v) is 2.92. The van der Waals surface area contributed by atoms with Crippen molar-refractivity contribution >= 4 is 35.2 Å². The van der Waals surface area contributed by atoms with Crippen molar-refractivity contribution in [3.05, 3.63) is 59.7 Å². The Labute approximate surface area is 146 Å². The Balaban J connectivity index is 1.79. The van der Waals surface area contributed by atoms with Gasteiger partial charge in [0.15, 0.2) is 0 Å². The number of thioether (sulfide) groups is 2. The highest BCUT2D eigenvalue weighted by Gasteiger charge is 2.02. The van der Waals surface area contributed by atoms with Crippen LogP contribution in [0.4, 0.5) is 10.5 Å². The van der Waals surface area contributed by atoms with E-state index >= 15 is 0 Å². The Bertz CT molecular complexity index is 612. The highest BCUT2D eigenvalue weighted by atomic mass is 32.2. The Morgan fingerprint density at radius 1 is 0.957 bits per heavy atom. The standard InChI is InChI=1S/C18H22N2OS2/c1-22-12-11-14-3-7-16(8-4-14)20-18(21)19-13-15-5-9-17(23-2)10-6-15/h3-10H,11-13H2,1-2H3,(H2,19,20,21). The number of carbonyl (C=O) groups excluding carboxylic acids is 1. The molecular weight excluding hydrogens is 324 g/mol. The Hall–Kier alpha value is -1.59. The third-order valence-electron chi connectivity index (χ3n) is 3.42. The van der Waals surface area contributed by atoms with Crippen molar-refractivity contribution in [2.24, 2.45) is 0 Å². The van der Waals surface area contributed by atoms with Gasteiger partial charge in [0.2, 0.25) is 0 Å². The van der Waals surface area contributed by atoms with Gasteiger partial charge < -0.3 is 10.6 Å². The quantitative estimate of drug-likeness (QED) is 0.718. The lowest BCUT2D eigenvalue weighted by Crippen LogP contribution is -2.28. The van der Waals surface area contributed by atoms with Crippen molar-refractivity contribution < 1.29 is 4.79 Å². The predicted octanol–water partition coefficient (Wildman–Crippen LogP) is 4.64. The second-order valence-corrected chi connectivity index (χ2v) is 6.96. The molecule has 2 rings (SSSR count). The number of aryl methyl sites for hydroxylation is 1. The lowest BCUT2D eigenvalue weighted by Gasteiger charge is -2.09. The third-order valence-corrected chi connectivity index (χ3v) is 4.77. The van der Waals surface area contributed by atoms with Crippen LogP contribution in [0.3, 0.4) is 0 Å². The van der Waals surface area contributed by atoms with E-state index in [1.54, 1.807) is 11.8 Å². The molecule has 5 heteroatoms. The summed E-state index contributed by atoms with van der Waals surface area (Å²) in [5, 5.41) is 5.73. The minimum absolute atomic E-state index is 0.184. The van der Waals surface area contributed by atoms with Gasteiger partial charge in [-0.3, -0.25) is 0 Å². The smallest absolute Gasteiger partial charge is 0.319 e. The van der Waals surface area contributed by atoms with Crippen LogP contribution < -0.4 is 10.6 Å². The van der Waals surface area contributed by atoms with Gasteiger partial charge in [0.1, 0.15) is 0 Å². The number of urea groups is 1. The first-order valence-electron chi connectivity index (χ1n) is 7.47. The molecule has 2 N–H and O–H groups in total. The summed E-state index contributed by atoms with van der Waals surface area (Å²) in [6, 6.07) is 16.0. The first kappa shape index (κ1) is 17.8. The average molecular weight is 347 g/mol. The van der Waals surface area contributed by atoms with E-state index in [2.05, 4.69) is 41.2 Å². The normalized spacial score (nSPS) is 10.3. The molecule has 3 nitrogen and oxygen atoms in total. The molecule has 0 fully saturated rings. The van der Waals surface area contributed by atoms with Crippen molar-refractivity contribution in [2.75, 3.05) is 23.6 Å². The third kappa shape index (κ3) is 6.20. The van der Waals surface area contributed by atoms with Gasteiger partial charge >= 0.3 is 6.03 Å². The molecular formula is C18H22N2OS2. The molecule has 0 unspecified atom stereocenters. The molecule has 2 amide bonds. The summed E-state index contributed by atoms with van der Waals surface area (Å²) in [5.74, 6) is 1.11. The molecule has 0 atom stereocenters. The molecule has 122 valence electrons. The first-order valence-corrected chi connectivity index (χ1v) is 10.1. The minimum atomic E-state index is -0.184. The van der Waals surface area contributed by atoms with Crippen molar-refractivity contribution in [3.63, 3.8) is 0 Å². The lowest BCUT2D eigenvalue weighted by atomic mass is 10.1. The molecule has 0 bridgehead atoms. The van der Waals surface area contributed by atoms with Gasteiger partial charge in [0.05, 0.1) is 0 Å². The molecule has 0 radical (unpaired) electrons. The van der Waals surface area contributed by atoms with Gasteiger partial charge in [-0.15, -0.1) is 11.8 Å². The monoisotopic (exact) mass is 346 g/mol. The summed E-state index contributed by atoms with van der Waals surface area (Å²) in [7, 11) is 0. The number of rotatable bonds is 7. The second-order valence-electron chi connectivity index (χ2n) is 5.10. The van der Waals surface area contributed by atoms with Crippen LogP contribution in [0.25, 0.3) is 0 Å². The maximum absolute atomic E-state index is 11.9. The van der Waals surface area contributed by atoms with Crippen molar-refractivity contribution in [2.45, 2.75) is 17.9 Å². The molecule has 0 saturated carbocycles. The van der Waals surface area contributed by atoms with E-state index in [1.165, 1.54) is 10.5 Å². The van der Waals surface area contributed by atoms with Crippen LogP contribution in [0, 0.1) is 0 Å². The minimum Gasteiger partial charge on any atom is -0.334 e. The maximum atomic E-state index is 11.9. The number of amides is 2. The second kappa shape index (κ2) is 9.53. The van der Waals surface area contributed by atoms with Gasteiger partial charge in [-0.2, -0.15) is 11.8 Å². The van der Waals surface area contributed by atoms with E-state index in [9.17, 15) is 4.79 Å². The molecule has 2 aromatic carbocycles. The maximum Gasteiger partial charge on any atom is 0.319 e. The van der Waals surface area contributed by atoms with Crippen molar-refractivity contribution in [1.82, 2.24) is 5.32 Å². The van der Waals surface area contributed by atoms with Crippen LogP contribution in [0.15, 0.2) is 53.4 Å². The summed E-state index contributed by atoms with van der Waals surface area (Å²) in [5.41, 5.74) is 3.19. The summed E-state index contributed by atoms with van der Waals surface area (Å²) in [4.78, 5) is 13.2. The van der Waals surface area contributed by atoms with Gasteiger partial charge in [0.25, 0.3) is 0 Å². The average Bonchev–Trinajstić information content (AvgIpc) is 2.60. The molecule has 0 saturated heterocycles. The molecule has 0 spiro atoms. The molecule has 0 aromatic heterocycles. The molecule has 0 aliphatic carbocycles. The summed E-state index contributed by atoms with van der Waals surface area (Å²) < 4.78 is 0. The largest absolute Gasteiger partial charge is 0.334 e. The number of hydrogen-bond acceptors (Lipinski definition) is 3. The van der Waals surface area contributed by atoms with E-state index in [-0.39, 0.29) is 6.03 Å². The zero-order valence-corrected chi connectivity index (χ0v) is 15.1. The van der Waals surface area contributed by atoms with Crippen LogP contribution in [0.2, 0.25) is 0 Å². The number of anilines is 1. The highest BCUT2D eigenvalue weighted by molar-refractivity contribution is 7.98. The first-order chi connectivity index (χ1) is 11.2. The van der Waals surface area contributed by atoms with Crippen LogP contribution in [0.5, 0.6) is 0 Å². The summed E-state index contributed by atoms with van der Waals surface area (Å²) in [6.07, 6.45) is 5.21. The van der Waals surface area contributed by atoms with Crippen molar-refractivity contribution in [1.29, 1.82) is 0 Å². The van der Waals surface area contributed by atoms with E-state index in [0.29, 0.717) is 6.54 Å². The number of carbonyl (C=O) groups is 1. The van der Waals surface area contributed by atoms with Gasteiger partial charge in [-0.25, -0.2) is 4.79 Å². The summed E-state index contributed by atoms with van der Waals surface area (Å²) >= 11 is 3.55. The van der Waals surface area contributed by atoms with E-state index < -0.39 is 0 Å². The molecule has 0 aliphatic rings. The van der Waals surface area contributed by atoms with Crippen molar-refractivity contribution in [3.8, 4) is 0 Å². The highest BCUT2D eigenvalue weighted by Crippen LogP contribution is 2.15. The number of hydrogen-bond donors (Lipinski definition) is 2. The predicted molar refractivity (Wildman–Crippen MR) is 103 cm³/mol. The number of nitrogens with one attached hydrogen (secondary N) is 2. The van der Waals surface area contributed by atoms with Crippen LogP contribution in [-0.2, 0) is 13.0 Å². The molecule has 0 heterocycles. The van der Waals surface area contributed by atoms with Gasteiger partial charge in [0, 0.05) is 17.1 Å². The topological polar surface area (TPSA) is 41.1 Å². The van der Waals surface area contributed by atoms with Crippen LogP contribution in [0.1, 0.15) is 11.1 Å². The van der Waals surface area contributed by atoms with Crippen LogP contribution >= 0.6 is 23.5 Å². The van der Waals surface area contributed by atoms with Crippen LogP contribution in [-0.4, -0.2) is 24.3 Å². The zero-order chi connectivity index (χ0) is 16.5. The molecule has 2 aromatic rings. The zero-order valence-electron chi connectivity index (χ0n) is 13.5. The van der Waals surface area contributed by atoms with Gasteiger partial charge in [-0.05, 0) is 60.1 Å². The Kier molecular flexibility index (Phi) is 7.36. The Morgan fingerprint density at radius 2 is 1.61 bits per heavy atom. The van der Waals surface area contributed by atoms with E-state index in [4.69, 9.17) is 0 Å². The fourth-order valence-electron chi connectivity index (χ4n) is 2.08. The number of benzene rings is 2. The fraction of sp³-hybridized carbons (Fsp3) is 0.278.